The van der Waals surface area contributed by atoms with Gasteiger partial charge >= 0.3 is 12.0 Å². The quantitative estimate of drug-likeness (QED) is 0.235. The number of aliphatic hydroxyl groups is 1. The van der Waals surface area contributed by atoms with Gasteiger partial charge in [0.15, 0.2) is 0 Å². The predicted molar refractivity (Wildman–Crippen MR) is 148 cm³/mol. The van der Waals surface area contributed by atoms with Crippen molar-refractivity contribution >= 4 is 23.8 Å². The molecule has 218 valence electrons. The molecule has 1 aliphatic heterocycles. The van der Waals surface area contributed by atoms with Crippen molar-refractivity contribution in [1.29, 1.82) is 0 Å². The van der Waals surface area contributed by atoms with E-state index in [1.165, 1.54) is 4.90 Å². The maximum Gasteiger partial charge on any atom is 0.332 e. The molecule has 40 heavy (non-hydrogen) atoms. The summed E-state index contributed by atoms with van der Waals surface area (Å²) >= 11 is 0. The van der Waals surface area contributed by atoms with Gasteiger partial charge in [0.1, 0.15) is 17.6 Å². The first-order valence-electron chi connectivity index (χ1n) is 13.8. The second-order valence-electron chi connectivity index (χ2n) is 12.1. The lowest BCUT2D eigenvalue weighted by molar-refractivity contribution is -0.149. The highest BCUT2D eigenvalue weighted by atomic mass is 16.5. The van der Waals surface area contributed by atoms with Crippen molar-refractivity contribution < 1.29 is 29.0 Å². The highest BCUT2D eigenvalue weighted by molar-refractivity contribution is 5.96. The smallest absolute Gasteiger partial charge is 0.332 e. The molecule has 0 aromatic heterocycles. The number of benzene rings is 1. The Morgan fingerprint density at radius 3 is 2.60 bits per heavy atom. The lowest BCUT2D eigenvalue weighted by Crippen LogP contribution is -2.60. The fraction of sp³-hybridized carbons (Fsp3) is 0.586. The number of urea groups is 1. The van der Waals surface area contributed by atoms with Gasteiger partial charge in [0.2, 0.25) is 11.8 Å². The normalized spacial score (nSPS) is 29.6. The Kier molecular flexibility index (Phi) is 8.28. The molecule has 0 bridgehead atoms. The second-order valence-corrected chi connectivity index (χ2v) is 12.1. The highest BCUT2D eigenvalue weighted by Crippen LogP contribution is 2.45. The number of hydrogen-bond acceptors (Lipinski definition) is 7. The fourth-order valence-corrected chi connectivity index (χ4v) is 5.77. The van der Waals surface area contributed by atoms with Crippen LogP contribution >= 0.6 is 0 Å². The number of aliphatic hydroxyl groups excluding tert-OH is 1. The first-order chi connectivity index (χ1) is 18.8. The van der Waals surface area contributed by atoms with Crippen molar-refractivity contribution in [3.05, 3.63) is 48.0 Å². The van der Waals surface area contributed by atoms with Crippen molar-refractivity contribution in [3.8, 4) is 0 Å². The molecule has 7 atom stereocenters. The molecule has 4 rings (SSSR count). The first kappa shape index (κ1) is 29.5. The average molecular weight is 556 g/mol. The SMILES string of the molecule is C=CC1C[C@]1(NC(=O)[C@@H]1C[C@@H](N)CN1C(=O)N[C@H](C(=O)NC1c2ccccc2C[C@H]1O)C(C)(C)C)C(=O)OCC. The number of nitrogens with one attached hydrogen (secondary N) is 3. The molecule has 1 aromatic carbocycles. The van der Waals surface area contributed by atoms with Crippen LogP contribution in [0.4, 0.5) is 4.79 Å². The molecule has 4 amide bonds. The molecule has 11 nitrogen and oxygen atoms in total. The minimum Gasteiger partial charge on any atom is -0.464 e. The van der Waals surface area contributed by atoms with Crippen LogP contribution in [0, 0.1) is 11.3 Å². The molecule has 2 aliphatic carbocycles. The van der Waals surface area contributed by atoms with Crippen molar-refractivity contribution in [2.75, 3.05) is 13.2 Å². The zero-order valence-electron chi connectivity index (χ0n) is 23.6. The van der Waals surface area contributed by atoms with Crippen LogP contribution < -0.4 is 21.7 Å². The van der Waals surface area contributed by atoms with Gasteiger partial charge in [-0.15, -0.1) is 6.58 Å². The Labute approximate surface area is 234 Å². The third kappa shape index (κ3) is 5.71. The predicted octanol–water partition coefficient (Wildman–Crippen LogP) is 0.911. The molecule has 11 heteroatoms. The molecule has 1 aromatic rings. The molecule has 1 saturated heterocycles. The topological polar surface area (TPSA) is 163 Å². The Morgan fingerprint density at radius 2 is 1.98 bits per heavy atom. The van der Waals surface area contributed by atoms with E-state index in [0.29, 0.717) is 12.8 Å². The molecule has 2 fully saturated rings. The van der Waals surface area contributed by atoms with E-state index < -0.39 is 65.0 Å². The van der Waals surface area contributed by atoms with Crippen molar-refractivity contribution in [3.63, 3.8) is 0 Å². The zero-order valence-corrected chi connectivity index (χ0v) is 23.6. The Balaban J connectivity index is 1.48. The number of ether oxygens (including phenoxy) is 1. The summed E-state index contributed by atoms with van der Waals surface area (Å²) in [6.07, 6.45) is 1.82. The number of carbonyl (C=O) groups is 4. The van der Waals surface area contributed by atoms with Crippen LogP contribution in [-0.4, -0.2) is 76.7 Å². The number of hydrogen-bond donors (Lipinski definition) is 5. The molecule has 6 N–H and O–H groups in total. The van der Waals surface area contributed by atoms with E-state index in [1.807, 2.05) is 45.0 Å². The van der Waals surface area contributed by atoms with Crippen molar-refractivity contribution in [2.24, 2.45) is 17.1 Å². The van der Waals surface area contributed by atoms with E-state index in [0.717, 1.165) is 11.1 Å². The molecule has 0 spiro atoms. The van der Waals surface area contributed by atoms with Crippen LogP contribution in [0.15, 0.2) is 36.9 Å². The minimum absolute atomic E-state index is 0.106. The van der Waals surface area contributed by atoms with Gasteiger partial charge in [-0.05, 0) is 36.3 Å². The van der Waals surface area contributed by atoms with Gasteiger partial charge in [0.05, 0.1) is 18.8 Å². The molecule has 1 heterocycles. The summed E-state index contributed by atoms with van der Waals surface area (Å²) in [5, 5.41) is 19.1. The summed E-state index contributed by atoms with van der Waals surface area (Å²) in [6.45, 7) is 11.2. The van der Waals surface area contributed by atoms with Gasteiger partial charge < -0.3 is 36.4 Å². The van der Waals surface area contributed by atoms with E-state index in [1.54, 1.807) is 13.0 Å². The summed E-state index contributed by atoms with van der Waals surface area (Å²) in [5.74, 6) is -1.76. The average Bonchev–Trinajstić information content (AvgIpc) is 3.32. The fourth-order valence-electron chi connectivity index (χ4n) is 5.77. The summed E-state index contributed by atoms with van der Waals surface area (Å²) in [6, 6.07) is 3.95. The van der Waals surface area contributed by atoms with Gasteiger partial charge in [-0.2, -0.15) is 0 Å². The summed E-state index contributed by atoms with van der Waals surface area (Å²) < 4.78 is 5.18. The van der Waals surface area contributed by atoms with Crippen LogP contribution in [0.3, 0.4) is 0 Å². The maximum absolute atomic E-state index is 13.5. The maximum atomic E-state index is 13.5. The third-order valence-corrected chi connectivity index (χ3v) is 8.08. The zero-order chi connectivity index (χ0) is 29.4. The monoisotopic (exact) mass is 555 g/mol. The molecule has 0 radical (unpaired) electrons. The molecule has 2 unspecified atom stereocenters. The number of carbonyl (C=O) groups excluding carboxylic acids is 4. The number of nitrogens with zero attached hydrogens (tertiary/aromatic N) is 1. The Morgan fingerprint density at radius 1 is 1.27 bits per heavy atom. The number of rotatable bonds is 8. The Hall–Kier alpha value is -3.44. The molecular weight excluding hydrogens is 514 g/mol. The van der Waals surface area contributed by atoms with E-state index >= 15 is 0 Å². The second kappa shape index (κ2) is 11.2. The number of nitrogens with two attached hydrogens (primary N) is 1. The number of amides is 4. The lowest BCUT2D eigenvalue weighted by Gasteiger charge is -2.34. The standard InChI is InChI=1S/C29H41N5O6/c1-6-17-14-29(17,26(38)40-7-2)33-24(36)20-13-18(30)15-34(20)27(39)32-23(28(3,4)5)25(37)31-22-19-11-9-8-10-16(19)12-21(22)35/h6,8-11,17-18,20-23,35H,1,7,12-15,30H2,2-5H3,(H,31,37)(H,32,39)(H,33,36)/t17?,18-,20+,21-,22?,23-,29-/m1/s1. The number of esters is 1. The van der Waals surface area contributed by atoms with Crippen LogP contribution in [0.5, 0.6) is 0 Å². The Bertz CT molecular complexity index is 1180. The number of likely N-dealkylation sites (tertiary alicyclic amines) is 1. The summed E-state index contributed by atoms with van der Waals surface area (Å²) in [4.78, 5) is 54.4. The van der Waals surface area contributed by atoms with Gasteiger partial charge in [-0.1, -0.05) is 51.1 Å². The van der Waals surface area contributed by atoms with E-state index in [9.17, 15) is 24.3 Å². The van der Waals surface area contributed by atoms with Crippen LogP contribution in [-0.2, 0) is 25.5 Å². The highest BCUT2D eigenvalue weighted by Gasteiger charge is 2.62. The van der Waals surface area contributed by atoms with Crippen LogP contribution in [0.2, 0.25) is 0 Å². The van der Waals surface area contributed by atoms with Gasteiger partial charge in [0.25, 0.3) is 0 Å². The van der Waals surface area contributed by atoms with Gasteiger partial charge in [0, 0.05) is 24.9 Å². The third-order valence-electron chi connectivity index (χ3n) is 8.08. The molecule has 1 saturated carbocycles. The van der Waals surface area contributed by atoms with Gasteiger partial charge in [-0.25, -0.2) is 9.59 Å². The van der Waals surface area contributed by atoms with Crippen LogP contribution in [0.1, 0.15) is 57.7 Å². The van der Waals surface area contributed by atoms with Crippen LogP contribution in [0.25, 0.3) is 0 Å². The summed E-state index contributed by atoms with van der Waals surface area (Å²) in [5.41, 5.74) is 6.08. The molecular formula is C29H41N5O6. The minimum atomic E-state index is -1.20. The largest absolute Gasteiger partial charge is 0.464 e. The van der Waals surface area contributed by atoms with E-state index in [4.69, 9.17) is 10.5 Å². The van der Waals surface area contributed by atoms with Gasteiger partial charge in [-0.3, -0.25) is 9.59 Å². The first-order valence-corrected chi connectivity index (χ1v) is 13.8. The molecule has 3 aliphatic rings. The van der Waals surface area contributed by atoms with Crippen molar-refractivity contribution in [2.45, 2.75) is 82.8 Å². The number of fused-ring (bicyclic) bond motifs is 1. The summed E-state index contributed by atoms with van der Waals surface area (Å²) in [7, 11) is 0. The lowest BCUT2D eigenvalue weighted by atomic mass is 9.86. The van der Waals surface area contributed by atoms with Crippen molar-refractivity contribution in [1.82, 2.24) is 20.9 Å². The van der Waals surface area contributed by atoms with E-state index in [2.05, 4.69) is 22.5 Å². The van der Waals surface area contributed by atoms with E-state index in [-0.39, 0.29) is 25.5 Å².